The summed E-state index contributed by atoms with van der Waals surface area (Å²) in [5.74, 6) is 0.495. The number of ether oxygens (including phenoxy) is 3. The fourth-order valence-electron chi connectivity index (χ4n) is 7.80. The van der Waals surface area contributed by atoms with Crippen LogP contribution in [-0.4, -0.2) is 68.8 Å². The highest BCUT2D eigenvalue weighted by Gasteiger charge is 2.35. The van der Waals surface area contributed by atoms with E-state index >= 15 is 4.39 Å². The van der Waals surface area contributed by atoms with Gasteiger partial charge in [0.05, 0.1) is 24.8 Å². The molecule has 51 heavy (non-hydrogen) atoms. The number of dihydropyridines is 1. The van der Waals surface area contributed by atoms with E-state index < -0.39 is 23.5 Å². The average Bonchev–Trinajstić information content (AvgIpc) is 3.69. The fourth-order valence-corrected chi connectivity index (χ4v) is 7.80. The summed E-state index contributed by atoms with van der Waals surface area (Å²) in [5, 5.41) is 11.4. The Hall–Kier alpha value is -4.70. The highest BCUT2D eigenvalue weighted by molar-refractivity contribution is 6.04. The molecular formula is C41H47FN4O5. The van der Waals surface area contributed by atoms with Crippen LogP contribution in [0, 0.1) is 19.7 Å². The van der Waals surface area contributed by atoms with Gasteiger partial charge in [0.1, 0.15) is 23.3 Å². The number of para-hydroxylation sites is 1. The summed E-state index contributed by atoms with van der Waals surface area (Å²) in [5.41, 5.74) is 5.85. The molecule has 3 aliphatic rings. The topological polar surface area (TPSA) is 98.4 Å². The fraction of sp³-hybridized carbons (Fsp3) is 0.439. The molecule has 2 aromatic carbocycles. The lowest BCUT2D eigenvalue weighted by Crippen LogP contribution is -2.32. The highest BCUT2D eigenvalue weighted by atomic mass is 19.1. The minimum absolute atomic E-state index is 0.0467. The van der Waals surface area contributed by atoms with Crippen LogP contribution in [0.3, 0.4) is 0 Å². The number of pyridine rings is 1. The molecule has 0 spiro atoms. The minimum Gasteiger partial charge on any atom is -0.490 e. The van der Waals surface area contributed by atoms with E-state index in [-0.39, 0.29) is 17.9 Å². The summed E-state index contributed by atoms with van der Waals surface area (Å²) in [6.45, 7) is 13.4. The zero-order valence-electron chi connectivity index (χ0n) is 30.5. The number of carbonyl (C=O) groups is 1. The van der Waals surface area contributed by atoms with Crippen LogP contribution in [0.1, 0.15) is 81.1 Å². The number of aryl methyl sites for hydroxylation is 2. The van der Waals surface area contributed by atoms with Crippen molar-refractivity contribution in [1.82, 2.24) is 14.5 Å². The molecular weight excluding hydrogens is 647 g/mol. The van der Waals surface area contributed by atoms with Gasteiger partial charge in [0.15, 0.2) is 17.7 Å². The smallest absolute Gasteiger partial charge is 0.337 e. The van der Waals surface area contributed by atoms with Gasteiger partial charge in [-0.05, 0) is 108 Å². The van der Waals surface area contributed by atoms with Gasteiger partial charge in [0.2, 0.25) is 0 Å². The van der Waals surface area contributed by atoms with E-state index in [1.54, 1.807) is 0 Å². The SMILES string of the molecule is Cc1nc2c(cc(C3=CC(N4CCC(Oc5ccccc5)C4)=NC(C)C3)n2C)c(-c2cc(F)c3c(c2C)CCCO3)c1[C@H](OC(C)(C)C)C(=O)O. The normalized spacial score (nSPS) is 19.7. The molecule has 4 aromatic rings. The number of hydrogen-bond donors (Lipinski definition) is 1. The zero-order chi connectivity index (χ0) is 36.2. The molecule has 7 rings (SSSR count). The predicted molar refractivity (Wildman–Crippen MR) is 197 cm³/mol. The van der Waals surface area contributed by atoms with Crippen LogP contribution < -0.4 is 9.47 Å². The quantitative estimate of drug-likeness (QED) is 0.209. The van der Waals surface area contributed by atoms with E-state index in [9.17, 15) is 9.90 Å². The van der Waals surface area contributed by atoms with Gasteiger partial charge in [-0.25, -0.2) is 14.2 Å². The Morgan fingerprint density at radius 2 is 1.92 bits per heavy atom. The Morgan fingerprint density at radius 1 is 1.16 bits per heavy atom. The number of likely N-dealkylation sites (tertiary alicyclic amines) is 1. The van der Waals surface area contributed by atoms with Gasteiger partial charge < -0.3 is 28.8 Å². The number of aliphatic imine (C=N–C) groups is 1. The summed E-state index contributed by atoms with van der Waals surface area (Å²) in [7, 11) is 1.98. The van der Waals surface area contributed by atoms with E-state index in [2.05, 4.69) is 28.5 Å². The summed E-state index contributed by atoms with van der Waals surface area (Å²) in [6.07, 6.45) is 3.98. The van der Waals surface area contributed by atoms with Crippen LogP contribution in [0.15, 0.2) is 53.5 Å². The number of hydrogen-bond acceptors (Lipinski definition) is 7. The lowest BCUT2D eigenvalue weighted by Gasteiger charge is -2.29. The van der Waals surface area contributed by atoms with E-state index in [4.69, 9.17) is 24.2 Å². The molecule has 2 unspecified atom stereocenters. The molecule has 0 saturated carbocycles. The van der Waals surface area contributed by atoms with E-state index in [0.717, 1.165) is 71.7 Å². The van der Waals surface area contributed by atoms with Crippen molar-refractivity contribution in [2.45, 2.75) is 91.1 Å². The third-order valence-corrected chi connectivity index (χ3v) is 10.1. The number of aliphatic carboxylic acids is 1. The molecule has 0 aliphatic carbocycles. The first-order valence-corrected chi connectivity index (χ1v) is 17.9. The van der Waals surface area contributed by atoms with Gasteiger partial charge in [-0.2, -0.15) is 0 Å². The first kappa shape index (κ1) is 34.7. The number of nitrogens with zero attached hydrogens (tertiary/aromatic N) is 4. The molecule has 0 amide bonds. The molecule has 5 heterocycles. The average molecular weight is 695 g/mol. The van der Waals surface area contributed by atoms with Crippen LogP contribution in [0.2, 0.25) is 0 Å². The number of aromatic nitrogens is 2. The van der Waals surface area contributed by atoms with Crippen LogP contribution >= 0.6 is 0 Å². The minimum atomic E-state index is -1.33. The Balaban J connectivity index is 1.36. The monoisotopic (exact) mass is 694 g/mol. The van der Waals surface area contributed by atoms with E-state index in [1.807, 2.05) is 72.0 Å². The summed E-state index contributed by atoms with van der Waals surface area (Å²) in [6, 6.07) is 13.5. The van der Waals surface area contributed by atoms with Crippen molar-refractivity contribution in [2.75, 3.05) is 19.7 Å². The van der Waals surface area contributed by atoms with Crippen molar-refractivity contribution >= 4 is 28.4 Å². The molecule has 2 aromatic heterocycles. The van der Waals surface area contributed by atoms with Crippen molar-refractivity contribution in [1.29, 1.82) is 0 Å². The van der Waals surface area contributed by atoms with Crippen LogP contribution in [0.25, 0.3) is 27.7 Å². The number of fused-ring (bicyclic) bond motifs is 2. The maximum absolute atomic E-state index is 15.9. The van der Waals surface area contributed by atoms with Crippen molar-refractivity contribution < 1.29 is 28.5 Å². The molecule has 1 saturated heterocycles. The first-order chi connectivity index (χ1) is 24.3. The van der Waals surface area contributed by atoms with Gasteiger partial charge in [-0.15, -0.1) is 0 Å². The number of benzene rings is 2. The molecule has 268 valence electrons. The Morgan fingerprint density at radius 3 is 2.65 bits per heavy atom. The third-order valence-electron chi connectivity index (χ3n) is 10.1. The Labute approximate surface area is 298 Å². The molecule has 1 N–H and O–H groups in total. The summed E-state index contributed by atoms with van der Waals surface area (Å²) in [4.78, 5) is 25.4. The molecule has 9 nitrogen and oxygen atoms in total. The first-order valence-electron chi connectivity index (χ1n) is 17.9. The lowest BCUT2D eigenvalue weighted by atomic mass is 9.86. The number of amidine groups is 1. The maximum Gasteiger partial charge on any atom is 0.337 e. The van der Waals surface area contributed by atoms with Crippen molar-refractivity contribution in [3.05, 3.63) is 82.4 Å². The largest absolute Gasteiger partial charge is 0.490 e. The molecule has 3 aliphatic heterocycles. The standard InChI is InChI=1S/C41H47FN4O5/c1-23-18-26(19-34(43-23)46-16-15-28(22-46)50-27-12-9-8-10-13-27)33-21-31-36(30-20-32(42)37-29(24(30)2)14-11-17-49-37)35(25(3)44-39(31)45(33)7)38(40(47)48)51-41(4,5)6/h8-10,12-13,19-21,23,28,38H,11,14-18,22H2,1-7H3,(H,47,48)/t23?,28?,38-/m0/s1. The third kappa shape index (κ3) is 6.73. The number of rotatable bonds is 7. The van der Waals surface area contributed by atoms with Crippen molar-refractivity contribution in [3.8, 4) is 22.6 Å². The second kappa shape index (κ2) is 13.5. The van der Waals surface area contributed by atoms with Crippen molar-refractivity contribution in [2.24, 2.45) is 12.0 Å². The van der Waals surface area contributed by atoms with Gasteiger partial charge >= 0.3 is 5.97 Å². The maximum atomic E-state index is 15.9. The van der Waals surface area contributed by atoms with Gasteiger partial charge in [-0.1, -0.05) is 18.2 Å². The van der Waals surface area contributed by atoms with Crippen LogP contribution in [0.5, 0.6) is 11.5 Å². The second-order valence-corrected chi connectivity index (χ2v) is 15.0. The van der Waals surface area contributed by atoms with Gasteiger partial charge in [0.25, 0.3) is 0 Å². The van der Waals surface area contributed by atoms with E-state index in [1.165, 1.54) is 6.07 Å². The van der Waals surface area contributed by atoms with Gasteiger partial charge in [-0.3, -0.25) is 4.99 Å². The predicted octanol–water partition coefficient (Wildman–Crippen LogP) is 7.99. The molecule has 0 bridgehead atoms. The van der Waals surface area contributed by atoms with Crippen LogP contribution in [-0.2, 0) is 23.0 Å². The molecule has 3 atom stereocenters. The number of halogens is 1. The Bertz CT molecular complexity index is 2060. The lowest BCUT2D eigenvalue weighted by molar-refractivity contribution is -0.160. The number of carboxylic acid groups (broad SMARTS) is 1. The van der Waals surface area contributed by atoms with E-state index in [0.29, 0.717) is 41.1 Å². The van der Waals surface area contributed by atoms with Crippen LogP contribution in [0.4, 0.5) is 4.39 Å². The number of carboxylic acids is 1. The Kier molecular flexibility index (Phi) is 9.16. The summed E-state index contributed by atoms with van der Waals surface area (Å²) < 4.78 is 36.2. The molecule has 10 heteroatoms. The zero-order valence-corrected chi connectivity index (χ0v) is 30.5. The summed E-state index contributed by atoms with van der Waals surface area (Å²) >= 11 is 0. The highest BCUT2D eigenvalue weighted by Crippen LogP contribution is 2.45. The molecule has 1 fully saturated rings. The second-order valence-electron chi connectivity index (χ2n) is 15.0. The molecule has 0 radical (unpaired) electrons. The van der Waals surface area contributed by atoms with Crippen molar-refractivity contribution in [3.63, 3.8) is 0 Å². The van der Waals surface area contributed by atoms with Gasteiger partial charge in [0, 0.05) is 53.5 Å².